The van der Waals surface area contributed by atoms with Crippen LogP contribution in [0.15, 0.2) is 188 Å². The first-order chi connectivity index (χ1) is 26.3. The molecule has 3 heterocycles. The van der Waals surface area contributed by atoms with Gasteiger partial charge >= 0.3 is 0 Å². The zero-order valence-electron chi connectivity index (χ0n) is 28.7. The minimum atomic E-state index is 0.865. The second kappa shape index (κ2) is 11.7. The zero-order valence-corrected chi connectivity index (χ0v) is 28.7. The molecule has 0 spiro atoms. The molecule has 246 valence electrons. The molecule has 0 saturated heterocycles. The summed E-state index contributed by atoms with van der Waals surface area (Å²) in [5, 5.41) is 5.13. The number of pyridine rings is 2. The summed E-state index contributed by atoms with van der Waals surface area (Å²) in [7, 11) is 0. The Labute approximate surface area is 307 Å². The smallest absolute Gasteiger partial charge is 0.137 e. The summed E-state index contributed by atoms with van der Waals surface area (Å²) in [6.45, 7) is 0. The molecule has 7 aromatic carbocycles. The van der Waals surface area contributed by atoms with Gasteiger partial charge in [-0.2, -0.15) is 0 Å². The summed E-state index contributed by atoms with van der Waals surface area (Å²) >= 11 is 0. The Bertz CT molecular complexity index is 2940. The Morgan fingerprint density at radius 3 is 1.68 bits per heavy atom. The van der Waals surface area contributed by atoms with Gasteiger partial charge < -0.3 is 4.40 Å². The predicted octanol–water partition coefficient (Wildman–Crippen LogP) is 13.0. The van der Waals surface area contributed by atoms with Gasteiger partial charge in [-0.05, 0) is 119 Å². The number of imidazole rings is 1. The molecule has 0 aliphatic heterocycles. The zero-order chi connectivity index (χ0) is 34.9. The summed E-state index contributed by atoms with van der Waals surface area (Å²) in [5.74, 6) is 0. The minimum absolute atomic E-state index is 0.865. The molecule has 0 unspecified atom stereocenters. The lowest BCUT2D eigenvalue weighted by atomic mass is 9.82. The normalized spacial score (nSPS) is 11.8. The second-order valence-corrected chi connectivity index (χ2v) is 13.8. The van der Waals surface area contributed by atoms with E-state index in [9.17, 15) is 0 Å². The fourth-order valence-corrected chi connectivity index (χ4v) is 8.53. The van der Waals surface area contributed by atoms with Crippen molar-refractivity contribution < 1.29 is 0 Å². The topological polar surface area (TPSA) is 30.2 Å². The Kier molecular flexibility index (Phi) is 6.55. The molecule has 0 bridgehead atoms. The van der Waals surface area contributed by atoms with Crippen LogP contribution in [0.5, 0.6) is 0 Å². The first-order valence-corrected chi connectivity index (χ1v) is 18.1. The third-order valence-corrected chi connectivity index (χ3v) is 10.8. The van der Waals surface area contributed by atoms with Crippen LogP contribution in [0.1, 0.15) is 0 Å². The molecule has 0 N–H and O–H groups in total. The van der Waals surface area contributed by atoms with Gasteiger partial charge in [0.2, 0.25) is 0 Å². The van der Waals surface area contributed by atoms with Gasteiger partial charge in [0, 0.05) is 18.6 Å². The van der Waals surface area contributed by atoms with E-state index in [1.165, 1.54) is 77.2 Å². The van der Waals surface area contributed by atoms with Crippen LogP contribution >= 0.6 is 0 Å². The largest absolute Gasteiger partial charge is 0.306 e. The molecule has 3 nitrogen and oxygen atoms in total. The van der Waals surface area contributed by atoms with Gasteiger partial charge in [-0.15, -0.1) is 0 Å². The Morgan fingerprint density at radius 1 is 0.358 bits per heavy atom. The molecule has 0 atom stereocenters. The molecule has 3 heteroatoms. The van der Waals surface area contributed by atoms with Gasteiger partial charge in [0.1, 0.15) is 11.3 Å². The van der Waals surface area contributed by atoms with E-state index < -0.39 is 0 Å². The molecular formula is C50H31N3. The number of hydrogen-bond donors (Lipinski definition) is 0. The van der Waals surface area contributed by atoms with Crippen LogP contribution in [0.3, 0.4) is 0 Å². The van der Waals surface area contributed by atoms with Crippen LogP contribution in [-0.4, -0.2) is 14.4 Å². The van der Waals surface area contributed by atoms with E-state index in [-0.39, 0.29) is 0 Å². The molecule has 53 heavy (non-hydrogen) atoms. The summed E-state index contributed by atoms with van der Waals surface area (Å²) < 4.78 is 2.10. The van der Waals surface area contributed by atoms with E-state index in [0.717, 1.165) is 28.2 Å². The molecule has 1 aliphatic carbocycles. The van der Waals surface area contributed by atoms with Gasteiger partial charge in [0.15, 0.2) is 0 Å². The van der Waals surface area contributed by atoms with Crippen molar-refractivity contribution in [1.29, 1.82) is 0 Å². The van der Waals surface area contributed by atoms with Crippen molar-refractivity contribution >= 4 is 27.2 Å². The molecule has 1 aliphatic rings. The van der Waals surface area contributed by atoms with E-state index in [1.807, 2.05) is 24.4 Å². The number of aromatic nitrogens is 3. The van der Waals surface area contributed by atoms with E-state index in [1.54, 1.807) is 0 Å². The summed E-state index contributed by atoms with van der Waals surface area (Å²) in [5.41, 5.74) is 17.6. The molecular weight excluding hydrogens is 643 g/mol. The van der Waals surface area contributed by atoms with Crippen molar-refractivity contribution in [3.8, 4) is 78.1 Å². The lowest BCUT2D eigenvalue weighted by Gasteiger charge is -2.20. The van der Waals surface area contributed by atoms with Crippen LogP contribution in [0.2, 0.25) is 0 Å². The highest BCUT2D eigenvalue weighted by Gasteiger charge is 2.31. The molecule has 0 fully saturated rings. The maximum Gasteiger partial charge on any atom is 0.137 e. The lowest BCUT2D eigenvalue weighted by molar-refractivity contribution is 1.19. The third-order valence-electron chi connectivity index (χ3n) is 10.8. The van der Waals surface area contributed by atoms with Crippen molar-refractivity contribution in [2.24, 2.45) is 0 Å². The highest BCUT2D eigenvalue weighted by atomic mass is 15.0. The fourth-order valence-electron chi connectivity index (χ4n) is 8.53. The Morgan fingerprint density at radius 2 is 0.962 bits per heavy atom. The van der Waals surface area contributed by atoms with Crippen LogP contribution in [0, 0.1) is 0 Å². The Balaban J connectivity index is 1.11. The maximum absolute atomic E-state index is 4.83. The second-order valence-electron chi connectivity index (χ2n) is 13.8. The van der Waals surface area contributed by atoms with E-state index in [2.05, 4.69) is 173 Å². The fraction of sp³-hybridized carbons (Fsp3) is 0. The van der Waals surface area contributed by atoms with E-state index in [0.29, 0.717) is 0 Å². The molecule has 10 aromatic rings. The highest BCUT2D eigenvalue weighted by molar-refractivity contribution is 6.28. The van der Waals surface area contributed by atoms with Crippen LogP contribution < -0.4 is 0 Å². The number of benzene rings is 7. The average molecular weight is 674 g/mol. The van der Waals surface area contributed by atoms with Crippen molar-refractivity contribution in [3.05, 3.63) is 188 Å². The average Bonchev–Trinajstić information content (AvgIpc) is 3.81. The number of fused-ring (bicyclic) bond motifs is 5. The van der Waals surface area contributed by atoms with Crippen molar-refractivity contribution in [2.45, 2.75) is 0 Å². The molecule has 0 amide bonds. The van der Waals surface area contributed by atoms with Crippen molar-refractivity contribution in [3.63, 3.8) is 0 Å². The lowest BCUT2D eigenvalue weighted by Crippen LogP contribution is -1.93. The monoisotopic (exact) mass is 673 g/mol. The standard InChI is InChI=1S/C50H31N3/c1-3-13-32(14-4-1)46-39-19-7-8-20-40(39)47(33-15-5-2-6-16-33)50-42-26-25-37(38-21-12-22-41(48(38)42)49(46)50)35-18-11-17-34(29-35)36-24-27-45-52-44(31-53(45)30-36)43-23-9-10-28-51-43/h1-31H. The molecule has 0 saturated carbocycles. The molecule has 3 aromatic heterocycles. The molecule has 0 radical (unpaired) electrons. The SMILES string of the molecule is c1ccc(-c2c3c(c(-c4ccccc4)c4ccccc24)-c2ccc(-c4cccc(-c5ccc6nc(-c7ccccn7)cn6c5)c4)c4cccc-3c24)cc1. The number of rotatable bonds is 5. The van der Waals surface area contributed by atoms with Crippen molar-refractivity contribution in [1.82, 2.24) is 14.4 Å². The number of nitrogens with zero attached hydrogens (tertiary/aromatic N) is 3. The van der Waals surface area contributed by atoms with Gasteiger partial charge in [-0.3, -0.25) is 4.98 Å². The summed E-state index contributed by atoms with van der Waals surface area (Å²) in [4.78, 5) is 9.33. The number of hydrogen-bond acceptors (Lipinski definition) is 2. The van der Waals surface area contributed by atoms with E-state index >= 15 is 0 Å². The predicted molar refractivity (Wildman–Crippen MR) is 220 cm³/mol. The molecule has 11 rings (SSSR count). The van der Waals surface area contributed by atoms with E-state index in [4.69, 9.17) is 4.98 Å². The van der Waals surface area contributed by atoms with Crippen LogP contribution in [0.25, 0.3) is 105 Å². The van der Waals surface area contributed by atoms with Gasteiger partial charge in [-0.25, -0.2) is 4.98 Å². The minimum Gasteiger partial charge on any atom is -0.306 e. The maximum atomic E-state index is 4.83. The van der Waals surface area contributed by atoms with Gasteiger partial charge in [0.05, 0.1) is 5.69 Å². The summed E-state index contributed by atoms with van der Waals surface area (Å²) in [6.07, 6.45) is 6.03. The summed E-state index contributed by atoms with van der Waals surface area (Å²) in [6, 6.07) is 61.4. The Hall–Kier alpha value is -7.10. The first kappa shape index (κ1) is 29.6. The van der Waals surface area contributed by atoms with Crippen LogP contribution in [0.4, 0.5) is 0 Å². The van der Waals surface area contributed by atoms with Crippen molar-refractivity contribution in [2.75, 3.05) is 0 Å². The quantitative estimate of drug-likeness (QED) is 0.182. The van der Waals surface area contributed by atoms with Crippen LogP contribution in [-0.2, 0) is 0 Å². The highest BCUT2D eigenvalue weighted by Crippen LogP contribution is 2.58. The first-order valence-electron chi connectivity index (χ1n) is 18.1. The van der Waals surface area contributed by atoms with Gasteiger partial charge in [0.25, 0.3) is 0 Å². The third kappa shape index (κ3) is 4.61. The van der Waals surface area contributed by atoms with Gasteiger partial charge in [-0.1, -0.05) is 140 Å².